The number of carbonyl (C=O) groups excluding carboxylic acids is 1. The Morgan fingerprint density at radius 1 is 1.50 bits per heavy atom. The van der Waals surface area contributed by atoms with Crippen molar-refractivity contribution in [1.82, 2.24) is 0 Å². The first-order valence-corrected chi connectivity index (χ1v) is 6.05. The summed E-state index contributed by atoms with van der Waals surface area (Å²) in [6.45, 7) is 0.987. The Morgan fingerprint density at radius 2 is 2.22 bits per heavy atom. The summed E-state index contributed by atoms with van der Waals surface area (Å²) in [5, 5.41) is 3.30. The van der Waals surface area contributed by atoms with E-state index in [1.165, 1.54) is 12.1 Å². The third kappa shape index (κ3) is 3.26. The molecule has 0 radical (unpaired) electrons. The molecule has 98 valence electrons. The highest BCUT2D eigenvalue weighted by Crippen LogP contribution is 2.31. The van der Waals surface area contributed by atoms with Gasteiger partial charge in [0.1, 0.15) is 12.7 Å². The first kappa shape index (κ1) is 13.4. The average molecular weight is 291 g/mol. The Morgan fingerprint density at radius 3 is 2.78 bits per heavy atom. The zero-order valence-electron chi connectivity index (χ0n) is 9.41. The van der Waals surface area contributed by atoms with Crippen molar-refractivity contribution in [3.8, 4) is 0 Å². The second kappa shape index (κ2) is 5.75. The monoisotopic (exact) mass is 290 g/mol. The van der Waals surface area contributed by atoms with Gasteiger partial charge >= 0.3 is 0 Å². The first-order valence-electron chi connectivity index (χ1n) is 5.30. The lowest BCUT2D eigenvalue weighted by atomic mass is 10.2. The van der Waals surface area contributed by atoms with Gasteiger partial charge in [-0.15, -0.1) is 0 Å². The van der Waals surface area contributed by atoms with E-state index in [9.17, 15) is 4.79 Å². The predicted molar refractivity (Wildman–Crippen MR) is 70.1 cm³/mol. The van der Waals surface area contributed by atoms with Crippen molar-refractivity contribution in [2.75, 3.05) is 30.9 Å². The Hall–Kier alpha value is -1.01. The molecule has 1 saturated heterocycles. The van der Waals surface area contributed by atoms with E-state index in [2.05, 4.69) is 5.32 Å². The molecule has 3 N–H and O–H groups in total. The van der Waals surface area contributed by atoms with Crippen molar-refractivity contribution in [2.45, 2.75) is 6.10 Å². The van der Waals surface area contributed by atoms with Gasteiger partial charge in [-0.1, -0.05) is 23.2 Å². The van der Waals surface area contributed by atoms with Crippen LogP contribution < -0.4 is 11.1 Å². The lowest BCUT2D eigenvalue weighted by Gasteiger charge is -2.25. The molecule has 1 aromatic carbocycles. The SMILES string of the molecule is Nc1cc(Cl)cc(Cl)c1NC(=O)COC1COC1. The minimum absolute atomic E-state index is 0.00575. The molecule has 0 spiro atoms. The van der Waals surface area contributed by atoms with Crippen LogP contribution in [0.4, 0.5) is 11.4 Å². The van der Waals surface area contributed by atoms with Crippen molar-refractivity contribution >= 4 is 40.5 Å². The summed E-state index contributed by atoms with van der Waals surface area (Å²) in [6, 6.07) is 3.03. The number of benzene rings is 1. The fourth-order valence-electron chi connectivity index (χ4n) is 1.40. The average Bonchev–Trinajstić information content (AvgIpc) is 2.21. The summed E-state index contributed by atoms with van der Waals surface area (Å²) >= 11 is 11.7. The largest absolute Gasteiger partial charge is 0.397 e. The second-order valence-electron chi connectivity index (χ2n) is 3.87. The lowest BCUT2D eigenvalue weighted by Crippen LogP contribution is -2.38. The number of nitrogens with one attached hydrogen (secondary N) is 1. The molecule has 0 unspecified atom stereocenters. The molecule has 2 rings (SSSR count). The van der Waals surface area contributed by atoms with E-state index in [-0.39, 0.29) is 18.6 Å². The molecule has 1 aliphatic rings. The van der Waals surface area contributed by atoms with Crippen LogP contribution >= 0.6 is 23.2 Å². The quantitative estimate of drug-likeness (QED) is 0.831. The molecule has 5 nitrogen and oxygen atoms in total. The number of halogens is 2. The fourth-order valence-corrected chi connectivity index (χ4v) is 1.96. The Kier molecular flexibility index (Phi) is 4.29. The third-order valence-electron chi connectivity index (χ3n) is 2.41. The normalized spacial score (nSPS) is 15.2. The first-order chi connectivity index (χ1) is 8.56. The molecule has 1 amide bonds. The number of nitrogen functional groups attached to an aromatic ring is 1. The molecular formula is C11H12Cl2N2O3. The molecule has 1 fully saturated rings. The van der Waals surface area contributed by atoms with E-state index >= 15 is 0 Å². The van der Waals surface area contributed by atoms with E-state index in [0.717, 1.165) is 0 Å². The minimum Gasteiger partial charge on any atom is -0.397 e. The van der Waals surface area contributed by atoms with Crippen LogP contribution in [0.5, 0.6) is 0 Å². The molecule has 0 bridgehead atoms. The van der Waals surface area contributed by atoms with E-state index in [1.807, 2.05) is 0 Å². The van der Waals surface area contributed by atoms with E-state index in [0.29, 0.717) is 34.6 Å². The maximum absolute atomic E-state index is 11.6. The van der Waals surface area contributed by atoms with Gasteiger partial charge < -0.3 is 20.5 Å². The molecule has 1 aliphatic heterocycles. The maximum Gasteiger partial charge on any atom is 0.250 e. The van der Waals surface area contributed by atoms with Gasteiger partial charge in [0.25, 0.3) is 0 Å². The molecule has 0 saturated carbocycles. The second-order valence-corrected chi connectivity index (χ2v) is 4.71. The van der Waals surface area contributed by atoms with Crippen molar-refractivity contribution < 1.29 is 14.3 Å². The van der Waals surface area contributed by atoms with Crippen molar-refractivity contribution in [3.05, 3.63) is 22.2 Å². The number of nitrogens with two attached hydrogens (primary N) is 1. The van der Waals surface area contributed by atoms with Gasteiger partial charge in [-0.05, 0) is 12.1 Å². The molecule has 18 heavy (non-hydrogen) atoms. The summed E-state index contributed by atoms with van der Waals surface area (Å²) in [7, 11) is 0. The summed E-state index contributed by atoms with van der Waals surface area (Å²) in [4.78, 5) is 11.6. The zero-order valence-corrected chi connectivity index (χ0v) is 10.9. The van der Waals surface area contributed by atoms with Crippen LogP contribution in [0.15, 0.2) is 12.1 Å². The molecule has 1 heterocycles. The van der Waals surface area contributed by atoms with Crippen LogP contribution in [0.2, 0.25) is 10.0 Å². The van der Waals surface area contributed by atoms with Crippen molar-refractivity contribution in [2.24, 2.45) is 0 Å². The molecule has 7 heteroatoms. The number of ether oxygens (including phenoxy) is 2. The molecule has 0 aromatic heterocycles. The van der Waals surface area contributed by atoms with Gasteiger partial charge in [0.05, 0.1) is 29.6 Å². The number of hydrogen-bond acceptors (Lipinski definition) is 4. The Labute approximate surface area is 114 Å². The summed E-state index contributed by atoms with van der Waals surface area (Å²) in [5.41, 5.74) is 6.38. The van der Waals surface area contributed by atoms with Gasteiger partial charge in [-0.3, -0.25) is 4.79 Å². The van der Waals surface area contributed by atoms with Crippen molar-refractivity contribution in [1.29, 1.82) is 0 Å². The van der Waals surface area contributed by atoms with Crippen molar-refractivity contribution in [3.63, 3.8) is 0 Å². The summed E-state index contributed by atoms with van der Waals surface area (Å²) in [5.74, 6) is -0.321. The number of amides is 1. The molecule has 0 atom stereocenters. The van der Waals surface area contributed by atoms with Gasteiger partial charge in [0.15, 0.2) is 0 Å². The highest BCUT2D eigenvalue weighted by Gasteiger charge is 2.20. The molecule has 1 aromatic rings. The van der Waals surface area contributed by atoms with Gasteiger partial charge in [-0.2, -0.15) is 0 Å². The molecule has 0 aliphatic carbocycles. The maximum atomic E-state index is 11.6. The van der Waals surface area contributed by atoms with Gasteiger partial charge in [0, 0.05) is 5.02 Å². The summed E-state index contributed by atoms with van der Waals surface area (Å²) < 4.78 is 10.2. The van der Waals surface area contributed by atoms with Crippen LogP contribution in [0.1, 0.15) is 0 Å². The number of hydrogen-bond donors (Lipinski definition) is 2. The van der Waals surface area contributed by atoms with Crippen LogP contribution in [0, 0.1) is 0 Å². The third-order valence-corrected chi connectivity index (χ3v) is 2.92. The van der Waals surface area contributed by atoms with Crippen LogP contribution in [0.25, 0.3) is 0 Å². The number of rotatable bonds is 4. The van der Waals surface area contributed by atoms with Crippen LogP contribution in [-0.2, 0) is 14.3 Å². The molecular weight excluding hydrogens is 279 g/mol. The number of carbonyl (C=O) groups is 1. The van der Waals surface area contributed by atoms with Gasteiger partial charge in [0.2, 0.25) is 5.91 Å². The predicted octanol–water partition coefficient (Wildman–Crippen LogP) is 1.93. The lowest BCUT2D eigenvalue weighted by molar-refractivity contribution is -0.144. The standard InChI is InChI=1S/C11H12Cl2N2O3/c12-6-1-8(13)11(9(14)2-6)15-10(16)5-18-7-3-17-4-7/h1-2,7H,3-5,14H2,(H,15,16). The zero-order chi connectivity index (χ0) is 13.1. The van der Waals surface area contributed by atoms with E-state index in [4.69, 9.17) is 38.4 Å². The smallest absolute Gasteiger partial charge is 0.250 e. The summed E-state index contributed by atoms with van der Waals surface area (Å²) in [6.07, 6.45) is -0.00575. The van der Waals surface area contributed by atoms with Gasteiger partial charge in [-0.25, -0.2) is 0 Å². The Balaban J connectivity index is 1.93. The number of anilines is 2. The fraction of sp³-hybridized carbons (Fsp3) is 0.364. The van der Waals surface area contributed by atoms with Crippen LogP contribution in [-0.4, -0.2) is 31.8 Å². The Bertz CT molecular complexity index is 441. The van der Waals surface area contributed by atoms with Crippen LogP contribution in [0.3, 0.4) is 0 Å². The minimum atomic E-state index is -0.321. The topological polar surface area (TPSA) is 73.6 Å². The van der Waals surface area contributed by atoms with E-state index < -0.39 is 0 Å². The van der Waals surface area contributed by atoms with E-state index in [1.54, 1.807) is 0 Å². The highest BCUT2D eigenvalue weighted by atomic mass is 35.5. The highest BCUT2D eigenvalue weighted by molar-refractivity contribution is 6.37.